The van der Waals surface area contributed by atoms with Crippen LogP contribution in [0.15, 0.2) is 65.6 Å². The molecule has 0 spiro atoms. The van der Waals surface area contributed by atoms with Gasteiger partial charge in [0, 0.05) is 40.8 Å². The van der Waals surface area contributed by atoms with Gasteiger partial charge >= 0.3 is 0 Å². The van der Waals surface area contributed by atoms with Crippen molar-refractivity contribution in [2.45, 2.75) is 13.0 Å². The Labute approximate surface area is 149 Å². The Morgan fingerprint density at radius 1 is 1.20 bits per heavy atom. The predicted molar refractivity (Wildman–Crippen MR) is 101 cm³/mol. The molecule has 4 aromatic rings. The second kappa shape index (κ2) is 6.91. The van der Waals surface area contributed by atoms with E-state index in [1.807, 2.05) is 54.0 Å². The van der Waals surface area contributed by atoms with E-state index in [0.29, 0.717) is 13.0 Å². The molecule has 0 unspecified atom stereocenters. The molecule has 25 heavy (non-hydrogen) atoms. The smallest absolute Gasteiger partial charge is 0.224 e. The lowest BCUT2D eigenvalue weighted by Gasteiger charge is -2.06. The van der Waals surface area contributed by atoms with Gasteiger partial charge in [-0.2, -0.15) is 11.3 Å². The van der Waals surface area contributed by atoms with Crippen molar-refractivity contribution < 1.29 is 4.79 Å². The van der Waals surface area contributed by atoms with E-state index in [0.717, 1.165) is 33.3 Å². The summed E-state index contributed by atoms with van der Waals surface area (Å²) in [5.74, 6) is 0.0126. The SMILES string of the molecule is O=C(Cc1c[nH]c2ccccc12)NCc1ccnc(-c2ccsc2)c1. The molecular formula is C20H17N3OS. The summed E-state index contributed by atoms with van der Waals surface area (Å²) in [5.41, 5.74) is 5.16. The van der Waals surface area contributed by atoms with Crippen LogP contribution in [0.2, 0.25) is 0 Å². The Balaban J connectivity index is 1.41. The zero-order valence-electron chi connectivity index (χ0n) is 13.5. The van der Waals surface area contributed by atoms with Gasteiger partial charge in [0.2, 0.25) is 5.91 Å². The van der Waals surface area contributed by atoms with Crippen LogP contribution in [0.4, 0.5) is 0 Å². The van der Waals surface area contributed by atoms with E-state index < -0.39 is 0 Å². The molecule has 0 aliphatic rings. The Bertz CT molecular complexity index is 1000. The second-order valence-electron chi connectivity index (χ2n) is 5.87. The van der Waals surface area contributed by atoms with Crippen molar-refractivity contribution in [3.63, 3.8) is 0 Å². The molecule has 0 radical (unpaired) electrons. The number of carbonyl (C=O) groups excluding carboxylic acids is 1. The number of para-hydroxylation sites is 1. The first-order valence-electron chi connectivity index (χ1n) is 8.09. The largest absolute Gasteiger partial charge is 0.361 e. The maximum absolute atomic E-state index is 12.3. The van der Waals surface area contributed by atoms with E-state index in [1.165, 1.54) is 0 Å². The molecule has 3 aromatic heterocycles. The monoisotopic (exact) mass is 347 g/mol. The van der Waals surface area contributed by atoms with Crippen molar-refractivity contribution in [3.8, 4) is 11.3 Å². The average Bonchev–Trinajstić information content (AvgIpc) is 3.31. The molecule has 1 aromatic carbocycles. The second-order valence-corrected chi connectivity index (χ2v) is 6.65. The van der Waals surface area contributed by atoms with Crippen molar-refractivity contribution in [2.75, 3.05) is 0 Å². The molecule has 0 aliphatic carbocycles. The lowest BCUT2D eigenvalue weighted by atomic mass is 10.1. The fraction of sp³-hybridized carbons (Fsp3) is 0.100. The van der Waals surface area contributed by atoms with Crippen LogP contribution in [0.5, 0.6) is 0 Å². The van der Waals surface area contributed by atoms with Crippen molar-refractivity contribution in [2.24, 2.45) is 0 Å². The summed E-state index contributed by atoms with van der Waals surface area (Å²) in [5, 5.41) is 8.20. The molecule has 4 nitrogen and oxygen atoms in total. The van der Waals surface area contributed by atoms with Crippen LogP contribution >= 0.6 is 11.3 Å². The minimum Gasteiger partial charge on any atom is -0.361 e. The number of hydrogen-bond acceptors (Lipinski definition) is 3. The predicted octanol–water partition coefficient (Wildman–Crippen LogP) is 4.15. The van der Waals surface area contributed by atoms with Crippen molar-refractivity contribution in [1.82, 2.24) is 15.3 Å². The molecule has 5 heteroatoms. The highest BCUT2D eigenvalue weighted by molar-refractivity contribution is 7.08. The number of benzene rings is 1. The summed E-state index contributed by atoms with van der Waals surface area (Å²) in [6.45, 7) is 0.501. The summed E-state index contributed by atoms with van der Waals surface area (Å²) >= 11 is 1.65. The fourth-order valence-electron chi connectivity index (χ4n) is 2.87. The normalized spacial score (nSPS) is 10.9. The van der Waals surface area contributed by atoms with Crippen molar-refractivity contribution >= 4 is 28.1 Å². The zero-order chi connectivity index (χ0) is 17.1. The number of rotatable bonds is 5. The van der Waals surface area contributed by atoms with Gasteiger partial charge in [0.05, 0.1) is 12.1 Å². The number of pyridine rings is 1. The number of nitrogens with one attached hydrogen (secondary N) is 2. The molecule has 3 heterocycles. The third-order valence-corrected chi connectivity index (χ3v) is 4.84. The van der Waals surface area contributed by atoms with Crippen LogP contribution in [0.1, 0.15) is 11.1 Å². The minimum absolute atomic E-state index is 0.0126. The Hall–Kier alpha value is -2.92. The molecule has 0 bridgehead atoms. The average molecular weight is 347 g/mol. The lowest BCUT2D eigenvalue weighted by molar-refractivity contribution is -0.120. The number of fused-ring (bicyclic) bond motifs is 1. The van der Waals surface area contributed by atoms with Crippen LogP contribution < -0.4 is 5.32 Å². The van der Waals surface area contributed by atoms with Gasteiger partial charge in [0.15, 0.2) is 0 Å². The first kappa shape index (κ1) is 15.6. The molecule has 0 aliphatic heterocycles. The molecule has 0 saturated heterocycles. The lowest BCUT2D eigenvalue weighted by Crippen LogP contribution is -2.24. The first-order valence-corrected chi connectivity index (χ1v) is 9.03. The number of carbonyl (C=O) groups is 1. The number of aromatic nitrogens is 2. The topological polar surface area (TPSA) is 57.8 Å². The highest BCUT2D eigenvalue weighted by atomic mass is 32.1. The van der Waals surface area contributed by atoms with Gasteiger partial charge in [-0.25, -0.2) is 0 Å². The van der Waals surface area contributed by atoms with Gasteiger partial charge in [0.1, 0.15) is 0 Å². The van der Waals surface area contributed by atoms with Crippen LogP contribution in [0.25, 0.3) is 22.2 Å². The Kier molecular flexibility index (Phi) is 4.31. The number of amides is 1. The van der Waals surface area contributed by atoms with Crippen LogP contribution in [0.3, 0.4) is 0 Å². The molecule has 4 rings (SSSR count). The fourth-order valence-corrected chi connectivity index (χ4v) is 3.52. The molecule has 0 saturated carbocycles. The van der Waals surface area contributed by atoms with Gasteiger partial charge < -0.3 is 10.3 Å². The summed E-state index contributed by atoms with van der Waals surface area (Å²) in [6, 6.07) is 14.0. The number of nitrogens with zero attached hydrogens (tertiary/aromatic N) is 1. The van der Waals surface area contributed by atoms with E-state index in [4.69, 9.17) is 0 Å². The highest BCUT2D eigenvalue weighted by Gasteiger charge is 2.09. The molecule has 124 valence electrons. The van der Waals surface area contributed by atoms with E-state index in [1.54, 1.807) is 17.5 Å². The van der Waals surface area contributed by atoms with Gasteiger partial charge in [-0.05, 0) is 40.8 Å². The van der Waals surface area contributed by atoms with Crippen LogP contribution in [-0.4, -0.2) is 15.9 Å². The van der Waals surface area contributed by atoms with E-state index in [-0.39, 0.29) is 5.91 Å². The third kappa shape index (κ3) is 3.46. The summed E-state index contributed by atoms with van der Waals surface area (Å²) in [4.78, 5) is 19.9. The highest BCUT2D eigenvalue weighted by Crippen LogP contribution is 2.21. The zero-order valence-corrected chi connectivity index (χ0v) is 14.3. The summed E-state index contributed by atoms with van der Waals surface area (Å²) < 4.78 is 0. The number of thiophene rings is 1. The molecular weight excluding hydrogens is 330 g/mol. The minimum atomic E-state index is 0.0126. The number of aromatic amines is 1. The molecule has 1 amide bonds. The van der Waals surface area contributed by atoms with Gasteiger partial charge in [-0.3, -0.25) is 9.78 Å². The summed E-state index contributed by atoms with van der Waals surface area (Å²) in [7, 11) is 0. The Morgan fingerprint density at radius 3 is 3.00 bits per heavy atom. The van der Waals surface area contributed by atoms with Crippen molar-refractivity contribution in [3.05, 3.63) is 76.7 Å². The quantitative estimate of drug-likeness (QED) is 0.570. The number of H-pyrrole nitrogens is 1. The molecule has 0 atom stereocenters. The number of hydrogen-bond donors (Lipinski definition) is 2. The van der Waals surface area contributed by atoms with E-state index in [2.05, 4.69) is 20.7 Å². The van der Waals surface area contributed by atoms with Gasteiger partial charge in [0.25, 0.3) is 0 Å². The maximum Gasteiger partial charge on any atom is 0.224 e. The first-order chi connectivity index (χ1) is 12.3. The Morgan fingerprint density at radius 2 is 2.12 bits per heavy atom. The standard InChI is InChI=1S/C20H17N3OS/c24-20(10-16-12-22-18-4-2-1-3-17(16)18)23-11-14-5-7-21-19(9-14)15-6-8-25-13-15/h1-9,12-13,22H,10-11H2,(H,23,24). The third-order valence-electron chi connectivity index (χ3n) is 4.16. The van der Waals surface area contributed by atoms with Crippen LogP contribution in [0, 0.1) is 0 Å². The molecule has 2 N–H and O–H groups in total. The summed E-state index contributed by atoms with van der Waals surface area (Å²) in [6.07, 6.45) is 4.06. The van der Waals surface area contributed by atoms with Crippen molar-refractivity contribution in [1.29, 1.82) is 0 Å². The van der Waals surface area contributed by atoms with Crippen LogP contribution in [-0.2, 0) is 17.8 Å². The maximum atomic E-state index is 12.3. The van der Waals surface area contributed by atoms with E-state index >= 15 is 0 Å². The van der Waals surface area contributed by atoms with Gasteiger partial charge in [-0.1, -0.05) is 18.2 Å². The van der Waals surface area contributed by atoms with Gasteiger partial charge in [-0.15, -0.1) is 0 Å². The molecule has 0 fully saturated rings. The van der Waals surface area contributed by atoms with E-state index in [9.17, 15) is 4.79 Å².